The summed E-state index contributed by atoms with van der Waals surface area (Å²) < 4.78 is 0. The molecule has 1 amide bonds. The van der Waals surface area contributed by atoms with E-state index in [9.17, 15) is 4.79 Å². The van der Waals surface area contributed by atoms with Gasteiger partial charge in [-0.25, -0.2) is 0 Å². The van der Waals surface area contributed by atoms with Crippen LogP contribution in [0, 0.1) is 0 Å². The molecule has 0 atom stereocenters. The molecular weight excluding hydrogens is 316 g/mol. The number of nitrogens with two attached hydrogens (primary N) is 1. The first-order valence-electron chi connectivity index (χ1n) is 9.88. The van der Waals surface area contributed by atoms with E-state index in [1.807, 2.05) is 14.1 Å². The zero-order valence-corrected chi connectivity index (χ0v) is 16.4. The lowest BCUT2D eigenvalue weighted by atomic mass is 10.2. The lowest BCUT2D eigenvalue weighted by Crippen LogP contribution is -2.47. The summed E-state index contributed by atoms with van der Waals surface area (Å²) in [5.74, 6) is 0.153. The van der Waals surface area contributed by atoms with Crippen LogP contribution in [0.15, 0.2) is 0 Å². The average Bonchev–Trinajstić information content (AvgIpc) is 2.60. The predicted octanol–water partition coefficient (Wildman–Crippen LogP) is -0.609. The molecule has 0 aliphatic carbocycles. The Balaban J connectivity index is 1.88. The highest BCUT2D eigenvalue weighted by atomic mass is 16.1. The fourth-order valence-electron chi connectivity index (χ4n) is 3.02. The fraction of sp³-hybridized carbons (Fsp3) is 0.944. The summed E-state index contributed by atoms with van der Waals surface area (Å²) in [5.41, 5.74) is 5.57. The summed E-state index contributed by atoms with van der Waals surface area (Å²) in [4.78, 5) is 18.9. The summed E-state index contributed by atoms with van der Waals surface area (Å²) in [7, 11) is 4.10. The van der Waals surface area contributed by atoms with E-state index < -0.39 is 0 Å². The summed E-state index contributed by atoms with van der Waals surface area (Å²) in [6.45, 7) is 11.3. The maximum Gasteiger partial charge on any atom is 0.221 e. The summed E-state index contributed by atoms with van der Waals surface area (Å²) >= 11 is 0. The number of nitrogens with zero attached hydrogens (tertiary/aromatic N) is 3. The number of piperazine rings is 1. The number of amides is 1. The van der Waals surface area contributed by atoms with Gasteiger partial charge in [0.2, 0.25) is 5.91 Å². The van der Waals surface area contributed by atoms with E-state index in [0.717, 1.165) is 65.1 Å². The summed E-state index contributed by atoms with van der Waals surface area (Å²) in [6.07, 6.45) is 3.83. The highest BCUT2D eigenvalue weighted by Gasteiger charge is 2.15. The molecule has 7 nitrogen and oxygen atoms in total. The van der Waals surface area contributed by atoms with Gasteiger partial charge < -0.3 is 31.1 Å². The Kier molecular flexibility index (Phi) is 12.9. The van der Waals surface area contributed by atoms with Crippen molar-refractivity contribution in [1.29, 1.82) is 0 Å². The van der Waals surface area contributed by atoms with E-state index >= 15 is 0 Å². The Morgan fingerprint density at radius 3 is 2.20 bits per heavy atom. The van der Waals surface area contributed by atoms with E-state index in [1.54, 1.807) is 0 Å². The van der Waals surface area contributed by atoms with Gasteiger partial charge in [-0.2, -0.15) is 0 Å². The van der Waals surface area contributed by atoms with Crippen LogP contribution in [-0.2, 0) is 4.79 Å². The molecule has 25 heavy (non-hydrogen) atoms. The minimum absolute atomic E-state index is 0.153. The molecular formula is C18H40N6O. The standard InChI is InChI=1S/C18H40N6O/c1-22(2)11-5-9-21-18(25)6-10-20-8-4-13-24-16-14-23(15-17-24)12-3-7-19/h20H,3-17,19H2,1-2H3,(H,21,25). The molecule has 0 bridgehead atoms. The highest BCUT2D eigenvalue weighted by molar-refractivity contribution is 5.75. The third-order valence-electron chi connectivity index (χ3n) is 4.60. The fourth-order valence-corrected chi connectivity index (χ4v) is 3.02. The maximum absolute atomic E-state index is 11.7. The monoisotopic (exact) mass is 356 g/mol. The van der Waals surface area contributed by atoms with Crippen LogP contribution < -0.4 is 16.4 Å². The van der Waals surface area contributed by atoms with E-state index in [-0.39, 0.29) is 5.91 Å². The second-order valence-corrected chi connectivity index (χ2v) is 7.19. The van der Waals surface area contributed by atoms with Crippen molar-refractivity contribution < 1.29 is 4.79 Å². The van der Waals surface area contributed by atoms with Gasteiger partial charge in [-0.15, -0.1) is 0 Å². The summed E-state index contributed by atoms with van der Waals surface area (Å²) in [6, 6.07) is 0. The van der Waals surface area contributed by atoms with Crippen LogP contribution in [0.2, 0.25) is 0 Å². The second-order valence-electron chi connectivity index (χ2n) is 7.19. The number of carbonyl (C=O) groups excluding carboxylic acids is 1. The maximum atomic E-state index is 11.7. The first kappa shape index (κ1) is 22.3. The minimum Gasteiger partial charge on any atom is -0.356 e. The SMILES string of the molecule is CN(C)CCCNC(=O)CCNCCCN1CCN(CCCN)CC1. The van der Waals surface area contributed by atoms with Crippen LogP contribution in [0.3, 0.4) is 0 Å². The molecule has 1 aliphatic heterocycles. The van der Waals surface area contributed by atoms with Gasteiger partial charge in [0, 0.05) is 45.7 Å². The Bertz CT molecular complexity index is 332. The average molecular weight is 357 g/mol. The first-order valence-corrected chi connectivity index (χ1v) is 9.88. The van der Waals surface area contributed by atoms with Crippen molar-refractivity contribution >= 4 is 5.91 Å². The molecule has 0 aromatic heterocycles. The molecule has 148 valence electrons. The van der Waals surface area contributed by atoms with Crippen molar-refractivity contribution in [2.45, 2.75) is 25.7 Å². The third-order valence-corrected chi connectivity index (χ3v) is 4.60. The van der Waals surface area contributed by atoms with Gasteiger partial charge in [0.1, 0.15) is 0 Å². The molecule has 0 aromatic carbocycles. The van der Waals surface area contributed by atoms with Gasteiger partial charge in [-0.05, 0) is 66.1 Å². The predicted molar refractivity (Wildman–Crippen MR) is 105 cm³/mol. The van der Waals surface area contributed by atoms with Crippen molar-refractivity contribution in [3.05, 3.63) is 0 Å². The Morgan fingerprint density at radius 2 is 1.60 bits per heavy atom. The molecule has 7 heteroatoms. The largest absolute Gasteiger partial charge is 0.356 e. The number of rotatable bonds is 14. The lowest BCUT2D eigenvalue weighted by molar-refractivity contribution is -0.121. The van der Waals surface area contributed by atoms with Crippen molar-refractivity contribution in [1.82, 2.24) is 25.3 Å². The molecule has 0 radical (unpaired) electrons. The number of hydrogen-bond acceptors (Lipinski definition) is 6. The van der Waals surface area contributed by atoms with Crippen LogP contribution in [0.1, 0.15) is 25.7 Å². The van der Waals surface area contributed by atoms with Gasteiger partial charge in [-0.3, -0.25) is 4.79 Å². The molecule has 1 heterocycles. The molecule has 0 unspecified atom stereocenters. The van der Waals surface area contributed by atoms with E-state index in [2.05, 4.69) is 25.3 Å². The van der Waals surface area contributed by atoms with Crippen molar-refractivity contribution in [2.24, 2.45) is 5.73 Å². The Morgan fingerprint density at radius 1 is 0.960 bits per heavy atom. The summed E-state index contributed by atoms with van der Waals surface area (Å²) in [5, 5.41) is 6.35. The van der Waals surface area contributed by atoms with Gasteiger partial charge in [-0.1, -0.05) is 0 Å². The molecule has 0 saturated carbocycles. The molecule has 1 saturated heterocycles. The van der Waals surface area contributed by atoms with Gasteiger partial charge >= 0.3 is 0 Å². The number of hydrogen-bond donors (Lipinski definition) is 3. The van der Waals surface area contributed by atoms with Gasteiger partial charge in [0.05, 0.1) is 0 Å². The molecule has 1 aliphatic rings. The molecule has 4 N–H and O–H groups in total. The highest BCUT2D eigenvalue weighted by Crippen LogP contribution is 2.02. The molecule has 0 aromatic rings. The second kappa shape index (κ2) is 14.4. The van der Waals surface area contributed by atoms with Crippen LogP contribution in [0.25, 0.3) is 0 Å². The quantitative estimate of drug-likeness (QED) is 0.361. The smallest absolute Gasteiger partial charge is 0.221 e. The van der Waals surface area contributed by atoms with E-state index in [0.29, 0.717) is 6.42 Å². The zero-order valence-electron chi connectivity index (χ0n) is 16.4. The zero-order chi connectivity index (χ0) is 18.3. The van der Waals surface area contributed by atoms with Gasteiger partial charge in [0.25, 0.3) is 0 Å². The topological polar surface area (TPSA) is 76.9 Å². The van der Waals surface area contributed by atoms with E-state index in [1.165, 1.54) is 26.2 Å². The Hall–Kier alpha value is -0.730. The number of nitrogens with one attached hydrogen (secondary N) is 2. The van der Waals surface area contributed by atoms with Crippen molar-refractivity contribution in [3.63, 3.8) is 0 Å². The molecule has 0 spiro atoms. The van der Waals surface area contributed by atoms with Crippen LogP contribution in [-0.4, -0.2) is 107 Å². The normalized spacial score (nSPS) is 16.5. The molecule has 1 rings (SSSR count). The van der Waals surface area contributed by atoms with Gasteiger partial charge in [0.15, 0.2) is 0 Å². The Labute approximate surface area is 154 Å². The number of carbonyl (C=O) groups is 1. The van der Waals surface area contributed by atoms with Crippen molar-refractivity contribution in [2.75, 3.05) is 86.1 Å². The third kappa shape index (κ3) is 12.3. The van der Waals surface area contributed by atoms with Crippen LogP contribution in [0.5, 0.6) is 0 Å². The first-order chi connectivity index (χ1) is 12.1. The van der Waals surface area contributed by atoms with E-state index in [4.69, 9.17) is 5.73 Å². The minimum atomic E-state index is 0.153. The molecule has 1 fully saturated rings. The lowest BCUT2D eigenvalue weighted by Gasteiger charge is -2.34. The van der Waals surface area contributed by atoms with Crippen LogP contribution >= 0.6 is 0 Å². The van der Waals surface area contributed by atoms with Crippen LogP contribution in [0.4, 0.5) is 0 Å². The van der Waals surface area contributed by atoms with Crippen molar-refractivity contribution in [3.8, 4) is 0 Å².